The Bertz CT molecular complexity index is 2940. The number of hydrogen-bond acceptors (Lipinski definition) is 2. The molecule has 0 atom stereocenters. The zero-order valence-corrected chi connectivity index (χ0v) is 29.6. The Morgan fingerprint density at radius 3 is 1.76 bits per heavy atom. The zero-order valence-electron chi connectivity index (χ0n) is 29.6. The van der Waals surface area contributed by atoms with Gasteiger partial charge in [0.05, 0.1) is 11.1 Å². The summed E-state index contributed by atoms with van der Waals surface area (Å²) in [7, 11) is 0. The Morgan fingerprint density at radius 2 is 0.907 bits per heavy atom. The number of fused-ring (bicyclic) bond motifs is 4. The fraction of sp³-hybridized carbons (Fsp3) is 0. The van der Waals surface area contributed by atoms with E-state index in [4.69, 9.17) is 4.42 Å². The third-order valence-corrected chi connectivity index (χ3v) is 10.5. The lowest BCUT2D eigenvalue weighted by Gasteiger charge is -2.27. The van der Waals surface area contributed by atoms with Crippen molar-refractivity contribution in [3.05, 3.63) is 212 Å². The molecule has 0 bridgehead atoms. The van der Waals surface area contributed by atoms with Gasteiger partial charge in [-0.2, -0.15) is 0 Å². The second-order valence-electron chi connectivity index (χ2n) is 13.7. The van der Waals surface area contributed by atoms with Gasteiger partial charge in [0.25, 0.3) is 0 Å². The van der Waals surface area contributed by atoms with Crippen LogP contribution in [-0.2, 0) is 0 Å². The van der Waals surface area contributed by atoms with Crippen LogP contribution in [-0.4, -0.2) is 0 Å². The Kier molecular flexibility index (Phi) is 7.85. The molecular weight excluding hydrogens is 655 g/mol. The Morgan fingerprint density at radius 1 is 0.315 bits per heavy atom. The molecule has 10 rings (SSSR count). The molecule has 54 heavy (non-hydrogen) atoms. The molecule has 0 saturated heterocycles. The molecule has 0 aliphatic rings. The predicted molar refractivity (Wildman–Crippen MR) is 228 cm³/mol. The molecule has 254 valence electrons. The standard InChI is InChI=1S/C52H35NO/c1-2-14-38(15-3-1)46-21-6-7-22-47(46)43-19-11-20-45(35-43)53(49-24-12-26-51-52(49)48-23-8-9-25-50(48)54-51)44-31-29-37(30-32-44)40-17-10-18-41(33-40)42-28-27-36-13-4-5-16-39(36)34-42/h1-35H. The normalized spacial score (nSPS) is 11.3. The van der Waals surface area contributed by atoms with E-state index in [1.807, 2.05) is 12.1 Å². The molecule has 1 aromatic heterocycles. The van der Waals surface area contributed by atoms with E-state index in [1.165, 1.54) is 49.7 Å². The maximum absolute atomic E-state index is 6.39. The molecule has 1 heterocycles. The van der Waals surface area contributed by atoms with Gasteiger partial charge < -0.3 is 9.32 Å². The van der Waals surface area contributed by atoms with Crippen LogP contribution in [0.5, 0.6) is 0 Å². The largest absolute Gasteiger partial charge is 0.456 e. The van der Waals surface area contributed by atoms with E-state index in [2.05, 4.69) is 205 Å². The van der Waals surface area contributed by atoms with Crippen molar-refractivity contribution >= 4 is 49.8 Å². The van der Waals surface area contributed by atoms with Gasteiger partial charge in [0, 0.05) is 16.8 Å². The van der Waals surface area contributed by atoms with Crippen LogP contribution < -0.4 is 4.90 Å². The van der Waals surface area contributed by atoms with Gasteiger partial charge in [-0.1, -0.05) is 158 Å². The molecule has 9 aromatic carbocycles. The number of rotatable bonds is 7. The fourth-order valence-electron chi connectivity index (χ4n) is 7.84. The molecule has 10 aromatic rings. The highest BCUT2D eigenvalue weighted by Gasteiger charge is 2.20. The van der Waals surface area contributed by atoms with Crippen LogP contribution in [0.25, 0.3) is 77.2 Å². The Balaban J connectivity index is 1.10. The predicted octanol–water partition coefficient (Wildman–Crippen LogP) is 14.9. The summed E-state index contributed by atoms with van der Waals surface area (Å²) in [5.41, 5.74) is 14.5. The first kappa shape index (κ1) is 31.6. The van der Waals surface area contributed by atoms with E-state index in [9.17, 15) is 0 Å². The third kappa shape index (κ3) is 5.71. The topological polar surface area (TPSA) is 16.4 Å². The van der Waals surface area contributed by atoms with E-state index in [0.717, 1.165) is 44.6 Å². The van der Waals surface area contributed by atoms with Crippen molar-refractivity contribution in [1.29, 1.82) is 0 Å². The van der Waals surface area contributed by atoms with Crippen LogP contribution in [0.15, 0.2) is 217 Å². The summed E-state index contributed by atoms with van der Waals surface area (Å²) in [6.45, 7) is 0. The van der Waals surface area contributed by atoms with Gasteiger partial charge in [-0.05, 0) is 110 Å². The molecule has 0 aliphatic carbocycles. The minimum atomic E-state index is 0.867. The van der Waals surface area contributed by atoms with E-state index in [-0.39, 0.29) is 0 Å². The molecule has 0 N–H and O–H groups in total. The molecule has 0 amide bonds. The average molecular weight is 690 g/mol. The quantitative estimate of drug-likeness (QED) is 0.166. The lowest BCUT2D eigenvalue weighted by molar-refractivity contribution is 0.669. The summed E-state index contributed by atoms with van der Waals surface area (Å²) in [4.78, 5) is 2.37. The monoisotopic (exact) mass is 689 g/mol. The van der Waals surface area contributed by atoms with Crippen LogP contribution >= 0.6 is 0 Å². The number of nitrogens with zero attached hydrogens (tertiary/aromatic N) is 1. The van der Waals surface area contributed by atoms with Gasteiger partial charge in [0.2, 0.25) is 0 Å². The van der Waals surface area contributed by atoms with E-state index in [1.54, 1.807) is 0 Å². The zero-order chi connectivity index (χ0) is 35.8. The van der Waals surface area contributed by atoms with Crippen LogP contribution in [0, 0.1) is 0 Å². The van der Waals surface area contributed by atoms with E-state index < -0.39 is 0 Å². The molecule has 0 fully saturated rings. The number of hydrogen-bond donors (Lipinski definition) is 0. The van der Waals surface area contributed by atoms with Gasteiger partial charge >= 0.3 is 0 Å². The second kappa shape index (κ2) is 13.4. The van der Waals surface area contributed by atoms with Crippen LogP contribution in [0.3, 0.4) is 0 Å². The highest BCUT2D eigenvalue weighted by Crippen LogP contribution is 2.44. The van der Waals surface area contributed by atoms with Crippen LogP contribution in [0.2, 0.25) is 0 Å². The van der Waals surface area contributed by atoms with Gasteiger partial charge in [0.15, 0.2) is 0 Å². The van der Waals surface area contributed by atoms with Crippen LogP contribution in [0.1, 0.15) is 0 Å². The minimum Gasteiger partial charge on any atom is -0.456 e. The summed E-state index contributed by atoms with van der Waals surface area (Å²) in [5, 5.41) is 4.69. The molecule has 2 heteroatoms. The summed E-state index contributed by atoms with van der Waals surface area (Å²) in [6.07, 6.45) is 0. The Hall–Kier alpha value is -7.16. The molecule has 0 spiro atoms. The van der Waals surface area contributed by atoms with Crippen molar-refractivity contribution in [2.75, 3.05) is 4.90 Å². The summed E-state index contributed by atoms with van der Waals surface area (Å²) >= 11 is 0. The summed E-state index contributed by atoms with van der Waals surface area (Å²) in [6, 6.07) is 75.9. The summed E-state index contributed by atoms with van der Waals surface area (Å²) in [5.74, 6) is 0. The van der Waals surface area contributed by atoms with Crippen molar-refractivity contribution in [3.8, 4) is 44.5 Å². The van der Waals surface area contributed by atoms with Crippen molar-refractivity contribution in [3.63, 3.8) is 0 Å². The van der Waals surface area contributed by atoms with E-state index in [0.29, 0.717) is 0 Å². The Labute approximate surface area is 314 Å². The number of para-hydroxylation sites is 1. The first-order chi connectivity index (χ1) is 26.8. The van der Waals surface area contributed by atoms with E-state index >= 15 is 0 Å². The molecule has 0 aliphatic heterocycles. The van der Waals surface area contributed by atoms with Crippen LogP contribution in [0.4, 0.5) is 17.1 Å². The third-order valence-electron chi connectivity index (χ3n) is 10.5. The van der Waals surface area contributed by atoms with Crippen molar-refractivity contribution in [2.24, 2.45) is 0 Å². The number of furan rings is 1. The van der Waals surface area contributed by atoms with Gasteiger partial charge in [-0.3, -0.25) is 0 Å². The fourth-order valence-corrected chi connectivity index (χ4v) is 7.84. The molecule has 0 radical (unpaired) electrons. The summed E-state index contributed by atoms with van der Waals surface area (Å²) < 4.78 is 6.39. The first-order valence-electron chi connectivity index (χ1n) is 18.4. The molecule has 0 saturated carbocycles. The number of benzene rings is 9. The van der Waals surface area contributed by atoms with Gasteiger partial charge in [-0.25, -0.2) is 0 Å². The van der Waals surface area contributed by atoms with Crippen molar-refractivity contribution in [1.82, 2.24) is 0 Å². The maximum Gasteiger partial charge on any atom is 0.137 e. The lowest BCUT2D eigenvalue weighted by atomic mass is 9.94. The second-order valence-corrected chi connectivity index (χ2v) is 13.7. The molecule has 0 unspecified atom stereocenters. The highest BCUT2D eigenvalue weighted by molar-refractivity contribution is 6.13. The van der Waals surface area contributed by atoms with Gasteiger partial charge in [-0.15, -0.1) is 0 Å². The minimum absolute atomic E-state index is 0.867. The smallest absolute Gasteiger partial charge is 0.137 e. The molecular formula is C52H35NO. The van der Waals surface area contributed by atoms with Gasteiger partial charge in [0.1, 0.15) is 11.2 Å². The lowest BCUT2D eigenvalue weighted by Crippen LogP contribution is -2.10. The number of anilines is 3. The van der Waals surface area contributed by atoms with Crippen molar-refractivity contribution < 1.29 is 4.42 Å². The maximum atomic E-state index is 6.39. The highest BCUT2D eigenvalue weighted by atomic mass is 16.3. The SMILES string of the molecule is c1ccc(-c2ccccc2-c2cccc(N(c3ccc(-c4cccc(-c5ccc6ccccc6c5)c4)cc3)c3cccc4oc5ccccc5c34)c2)cc1. The first-order valence-corrected chi connectivity index (χ1v) is 18.4. The average Bonchev–Trinajstić information content (AvgIpc) is 3.64. The van der Waals surface area contributed by atoms with Crippen molar-refractivity contribution in [2.45, 2.75) is 0 Å². The molecule has 2 nitrogen and oxygen atoms in total.